The molecule has 16 heavy (non-hydrogen) atoms. The highest BCUT2D eigenvalue weighted by Gasteiger charge is 2.50. The molecule has 0 bridgehead atoms. The molecule has 0 amide bonds. The SMILES string of the molecule is CC1CCC(C)(N=C=O)C(N=C=O)C1(C)C. The number of nitrogens with zero attached hydrogens (tertiary/aromatic N) is 2. The van der Waals surface area contributed by atoms with Crippen LogP contribution in [0.15, 0.2) is 9.98 Å². The van der Waals surface area contributed by atoms with Gasteiger partial charge in [-0.3, -0.25) is 0 Å². The zero-order chi connectivity index (χ0) is 12.4. The largest absolute Gasteiger partial charge is 0.235 e. The summed E-state index contributed by atoms with van der Waals surface area (Å²) in [6, 6.07) is -0.303. The first-order chi connectivity index (χ1) is 7.38. The van der Waals surface area contributed by atoms with E-state index in [-0.39, 0.29) is 11.5 Å². The molecule has 0 heterocycles. The van der Waals surface area contributed by atoms with E-state index in [1.807, 2.05) is 6.92 Å². The minimum atomic E-state index is -0.616. The van der Waals surface area contributed by atoms with Gasteiger partial charge < -0.3 is 0 Å². The lowest BCUT2D eigenvalue weighted by atomic mass is 9.60. The molecular formula is C12H18N2O2. The monoisotopic (exact) mass is 222 g/mol. The summed E-state index contributed by atoms with van der Waals surface area (Å²) in [7, 11) is 0. The summed E-state index contributed by atoms with van der Waals surface area (Å²) in [5.74, 6) is 0.435. The van der Waals surface area contributed by atoms with Crippen LogP contribution in [0.2, 0.25) is 0 Å². The highest BCUT2D eigenvalue weighted by atomic mass is 16.1. The number of aliphatic imine (C=N–C) groups is 2. The van der Waals surface area contributed by atoms with Gasteiger partial charge in [-0.25, -0.2) is 9.59 Å². The van der Waals surface area contributed by atoms with E-state index in [0.717, 1.165) is 12.8 Å². The maximum absolute atomic E-state index is 10.5. The smallest absolute Gasteiger partial charge is 0.211 e. The Hall–Kier alpha value is -1.24. The van der Waals surface area contributed by atoms with E-state index in [2.05, 4.69) is 30.8 Å². The number of carbonyl (C=O) groups excluding carboxylic acids is 2. The molecule has 0 aromatic carbocycles. The van der Waals surface area contributed by atoms with Gasteiger partial charge in [-0.1, -0.05) is 20.8 Å². The van der Waals surface area contributed by atoms with Gasteiger partial charge in [0, 0.05) is 0 Å². The van der Waals surface area contributed by atoms with Crippen molar-refractivity contribution in [3.05, 3.63) is 0 Å². The number of hydrogen-bond acceptors (Lipinski definition) is 4. The summed E-state index contributed by atoms with van der Waals surface area (Å²) in [5, 5.41) is 0. The van der Waals surface area contributed by atoms with Crippen LogP contribution in [0.1, 0.15) is 40.5 Å². The quantitative estimate of drug-likeness (QED) is 0.531. The molecule has 1 aliphatic rings. The second-order valence-electron chi connectivity index (χ2n) is 5.44. The van der Waals surface area contributed by atoms with Crippen molar-refractivity contribution in [1.29, 1.82) is 0 Å². The molecule has 88 valence electrons. The molecule has 0 spiro atoms. The van der Waals surface area contributed by atoms with Crippen LogP contribution < -0.4 is 0 Å². The zero-order valence-electron chi connectivity index (χ0n) is 10.3. The molecule has 0 aromatic heterocycles. The van der Waals surface area contributed by atoms with Crippen LogP contribution in [0.3, 0.4) is 0 Å². The van der Waals surface area contributed by atoms with Crippen molar-refractivity contribution in [2.45, 2.75) is 52.1 Å². The maximum atomic E-state index is 10.5. The van der Waals surface area contributed by atoms with Crippen LogP contribution in [-0.4, -0.2) is 23.7 Å². The fraction of sp³-hybridized carbons (Fsp3) is 0.833. The third-order valence-electron chi connectivity index (χ3n) is 4.13. The summed E-state index contributed by atoms with van der Waals surface area (Å²) in [6.45, 7) is 8.11. The lowest BCUT2D eigenvalue weighted by Crippen LogP contribution is -2.52. The summed E-state index contributed by atoms with van der Waals surface area (Å²) < 4.78 is 0. The van der Waals surface area contributed by atoms with E-state index >= 15 is 0 Å². The molecule has 0 N–H and O–H groups in total. The van der Waals surface area contributed by atoms with Gasteiger partial charge in [0.05, 0.1) is 11.6 Å². The van der Waals surface area contributed by atoms with Gasteiger partial charge in [0.2, 0.25) is 12.2 Å². The van der Waals surface area contributed by atoms with Crippen LogP contribution in [0.4, 0.5) is 0 Å². The minimum Gasteiger partial charge on any atom is -0.211 e. The molecule has 0 radical (unpaired) electrons. The second kappa shape index (κ2) is 4.32. The number of hydrogen-bond donors (Lipinski definition) is 0. The molecule has 4 nitrogen and oxygen atoms in total. The molecule has 1 rings (SSSR count). The van der Waals surface area contributed by atoms with Gasteiger partial charge in [-0.05, 0) is 31.1 Å². The van der Waals surface area contributed by atoms with E-state index in [1.165, 1.54) is 0 Å². The fourth-order valence-corrected chi connectivity index (χ4v) is 2.67. The van der Waals surface area contributed by atoms with Crippen molar-refractivity contribution in [2.75, 3.05) is 0 Å². The normalized spacial score (nSPS) is 37.0. The van der Waals surface area contributed by atoms with Crippen LogP contribution in [0.25, 0.3) is 0 Å². The topological polar surface area (TPSA) is 58.9 Å². The molecule has 1 saturated carbocycles. The van der Waals surface area contributed by atoms with E-state index in [0.29, 0.717) is 5.92 Å². The van der Waals surface area contributed by atoms with E-state index in [9.17, 15) is 9.59 Å². The molecule has 1 aliphatic carbocycles. The standard InChI is InChI=1S/C12H18N2O2/c1-9-5-6-12(4,14-8-16)10(13-7-15)11(9,2)3/h9-10H,5-6H2,1-4H3. The first-order valence-electron chi connectivity index (χ1n) is 5.54. The van der Waals surface area contributed by atoms with Gasteiger partial charge in [-0.2, -0.15) is 9.98 Å². The van der Waals surface area contributed by atoms with Crippen molar-refractivity contribution in [1.82, 2.24) is 0 Å². The highest BCUT2D eigenvalue weighted by Crippen LogP contribution is 2.48. The van der Waals surface area contributed by atoms with Crippen molar-refractivity contribution in [3.8, 4) is 0 Å². The van der Waals surface area contributed by atoms with Crippen LogP contribution in [-0.2, 0) is 9.59 Å². The Morgan fingerprint density at radius 2 is 1.81 bits per heavy atom. The average Bonchev–Trinajstić information content (AvgIpc) is 2.20. The van der Waals surface area contributed by atoms with Crippen molar-refractivity contribution in [2.24, 2.45) is 21.3 Å². The minimum absolute atomic E-state index is 0.162. The molecule has 1 fully saturated rings. The number of rotatable bonds is 2. The molecule has 0 aliphatic heterocycles. The molecule has 3 unspecified atom stereocenters. The van der Waals surface area contributed by atoms with E-state index in [4.69, 9.17) is 0 Å². The molecule has 4 heteroatoms. The Morgan fingerprint density at radius 3 is 2.31 bits per heavy atom. The molecule has 0 saturated heterocycles. The fourth-order valence-electron chi connectivity index (χ4n) is 2.67. The predicted molar refractivity (Wildman–Crippen MR) is 60.6 cm³/mol. The van der Waals surface area contributed by atoms with Crippen molar-refractivity contribution < 1.29 is 9.59 Å². The van der Waals surface area contributed by atoms with Crippen LogP contribution in [0, 0.1) is 11.3 Å². The predicted octanol–water partition coefficient (Wildman–Crippen LogP) is 2.24. The molecule has 3 atom stereocenters. The van der Waals surface area contributed by atoms with Gasteiger partial charge in [0.1, 0.15) is 0 Å². The van der Waals surface area contributed by atoms with Crippen molar-refractivity contribution in [3.63, 3.8) is 0 Å². The average molecular weight is 222 g/mol. The summed E-state index contributed by atoms with van der Waals surface area (Å²) in [4.78, 5) is 28.8. The molecular weight excluding hydrogens is 204 g/mol. The summed E-state index contributed by atoms with van der Waals surface area (Å²) >= 11 is 0. The van der Waals surface area contributed by atoms with Gasteiger partial charge in [0.15, 0.2) is 0 Å². The first kappa shape index (κ1) is 12.8. The van der Waals surface area contributed by atoms with E-state index < -0.39 is 5.54 Å². The third kappa shape index (κ3) is 1.99. The lowest BCUT2D eigenvalue weighted by Gasteiger charge is -2.48. The maximum Gasteiger partial charge on any atom is 0.235 e. The van der Waals surface area contributed by atoms with Crippen LogP contribution >= 0.6 is 0 Å². The second-order valence-corrected chi connectivity index (χ2v) is 5.44. The number of isocyanates is 2. The Bertz CT molecular complexity index is 365. The molecule has 0 aromatic rings. The van der Waals surface area contributed by atoms with Gasteiger partial charge in [0.25, 0.3) is 0 Å². The van der Waals surface area contributed by atoms with E-state index in [1.54, 1.807) is 12.2 Å². The lowest BCUT2D eigenvalue weighted by molar-refractivity contribution is 0.0669. The Balaban J connectivity index is 3.22. The first-order valence-corrected chi connectivity index (χ1v) is 5.54. The third-order valence-corrected chi connectivity index (χ3v) is 4.13. The van der Waals surface area contributed by atoms with Gasteiger partial charge >= 0.3 is 0 Å². The van der Waals surface area contributed by atoms with Crippen LogP contribution in [0.5, 0.6) is 0 Å². The Labute approximate surface area is 95.9 Å². The van der Waals surface area contributed by atoms with Gasteiger partial charge in [-0.15, -0.1) is 0 Å². The van der Waals surface area contributed by atoms with Crippen molar-refractivity contribution >= 4 is 12.2 Å². The summed E-state index contributed by atoms with van der Waals surface area (Å²) in [5.41, 5.74) is -0.778. The Morgan fingerprint density at radius 1 is 1.19 bits per heavy atom. The summed E-state index contributed by atoms with van der Waals surface area (Å²) in [6.07, 6.45) is 4.94. The highest BCUT2D eigenvalue weighted by molar-refractivity contribution is 5.38. The zero-order valence-corrected chi connectivity index (χ0v) is 10.3. The Kier molecular flexibility index (Phi) is 3.47.